The third kappa shape index (κ3) is 11.7. The summed E-state index contributed by atoms with van der Waals surface area (Å²) in [6.07, 6.45) is 9.07. The number of ketones is 1. The van der Waals surface area contributed by atoms with E-state index < -0.39 is 23.6 Å². The van der Waals surface area contributed by atoms with E-state index in [0.29, 0.717) is 17.7 Å². The average Bonchev–Trinajstić information content (AvgIpc) is 2.75. The summed E-state index contributed by atoms with van der Waals surface area (Å²) in [5.74, 6) is -1.77. The first-order chi connectivity index (χ1) is 15.5. The van der Waals surface area contributed by atoms with Crippen molar-refractivity contribution >= 4 is 17.7 Å². The molecule has 2 N–H and O–H groups in total. The highest BCUT2D eigenvalue weighted by Crippen LogP contribution is 2.20. The lowest BCUT2D eigenvalue weighted by Crippen LogP contribution is -2.31. The summed E-state index contributed by atoms with van der Waals surface area (Å²) in [4.78, 5) is 35.0. The largest absolute Gasteiger partial charge is 0.487 e. The van der Waals surface area contributed by atoms with Crippen molar-refractivity contribution in [1.82, 2.24) is 0 Å². The number of carboxylic acids is 1. The number of esters is 1. The predicted molar refractivity (Wildman–Crippen MR) is 126 cm³/mol. The van der Waals surface area contributed by atoms with E-state index in [1.165, 1.54) is 46.5 Å². The van der Waals surface area contributed by atoms with Crippen LogP contribution in [0, 0.1) is 0 Å². The summed E-state index contributed by atoms with van der Waals surface area (Å²) in [5.41, 5.74) is -1.08. The number of Topliss-reactive ketones (excluding diaryl/α,β-unsaturated/α-hetero) is 1. The van der Waals surface area contributed by atoms with Gasteiger partial charge in [0.25, 0.3) is 0 Å². The van der Waals surface area contributed by atoms with Crippen LogP contribution in [-0.4, -0.2) is 46.2 Å². The highest BCUT2D eigenvalue weighted by atomic mass is 16.6. The molecule has 0 aliphatic heterocycles. The van der Waals surface area contributed by atoms with Crippen LogP contribution in [0.3, 0.4) is 0 Å². The first kappa shape index (κ1) is 28.4. The zero-order valence-corrected chi connectivity index (χ0v) is 20.3. The van der Waals surface area contributed by atoms with Crippen molar-refractivity contribution in [3.05, 3.63) is 41.5 Å². The smallest absolute Gasteiger partial charge is 0.334 e. The van der Waals surface area contributed by atoms with Gasteiger partial charge in [0.15, 0.2) is 5.78 Å². The van der Waals surface area contributed by atoms with Crippen LogP contribution in [0.1, 0.15) is 89.4 Å². The Balaban J connectivity index is 2.73. The lowest BCUT2D eigenvalue weighted by molar-refractivity contribution is -0.142. The monoisotopic (exact) mass is 462 g/mol. The van der Waals surface area contributed by atoms with E-state index in [-0.39, 0.29) is 18.0 Å². The average molecular weight is 463 g/mol. The second-order valence-corrected chi connectivity index (χ2v) is 8.83. The molecule has 0 saturated heterocycles. The molecule has 0 aliphatic rings. The van der Waals surface area contributed by atoms with Gasteiger partial charge in [0, 0.05) is 17.2 Å². The summed E-state index contributed by atoms with van der Waals surface area (Å²) in [6.45, 7) is 6.44. The summed E-state index contributed by atoms with van der Waals surface area (Å²) >= 11 is 0. The first-order valence-electron chi connectivity index (χ1n) is 11.7. The van der Waals surface area contributed by atoms with Crippen molar-refractivity contribution in [2.24, 2.45) is 0 Å². The molecular formula is C26H38O7. The van der Waals surface area contributed by atoms with Gasteiger partial charge in [-0.2, -0.15) is 0 Å². The molecule has 1 aromatic carbocycles. The first-order valence-corrected chi connectivity index (χ1v) is 11.7. The minimum Gasteiger partial charge on any atom is -0.487 e. The zero-order chi connectivity index (χ0) is 24.9. The summed E-state index contributed by atoms with van der Waals surface area (Å²) in [6, 6.07) is 6.47. The van der Waals surface area contributed by atoms with E-state index >= 15 is 0 Å². The second-order valence-electron chi connectivity index (χ2n) is 8.83. The van der Waals surface area contributed by atoms with Gasteiger partial charge in [-0.3, -0.25) is 4.79 Å². The Labute approximate surface area is 196 Å². The SMILES string of the molecule is CCCCCCCCCC(COC(=O)/C(C)=C/C(=O)O)Oc1ccc(C(=O)C(C)(C)O)cc1. The topological polar surface area (TPSA) is 110 Å². The molecule has 0 amide bonds. The molecule has 0 fully saturated rings. The minimum atomic E-state index is -1.46. The van der Waals surface area contributed by atoms with Crippen LogP contribution in [-0.2, 0) is 14.3 Å². The van der Waals surface area contributed by atoms with Crippen LogP contribution in [0.2, 0.25) is 0 Å². The van der Waals surface area contributed by atoms with Crippen LogP contribution in [0.15, 0.2) is 35.9 Å². The number of hydrogen-bond donors (Lipinski definition) is 2. The van der Waals surface area contributed by atoms with Crippen molar-refractivity contribution < 1.29 is 34.1 Å². The Morgan fingerprint density at radius 1 is 1.00 bits per heavy atom. The Morgan fingerprint density at radius 3 is 2.12 bits per heavy atom. The lowest BCUT2D eigenvalue weighted by atomic mass is 9.97. The third-order valence-electron chi connectivity index (χ3n) is 5.17. The molecule has 1 rings (SSSR count). The molecule has 0 bridgehead atoms. The predicted octanol–water partition coefficient (Wildman–Crippen LogP) is 5.10. The zero-order valence-electron chi connectivity index (χ0n) is 20.3. The second kappa shape index (κ2) is 14.5. The Hall–Kier alpha value is -2.67. The van der Waals surface area contributed by atoms with Crippen molar-refractivity contribution in [2.75, 3.05) is 6.61 Å². The summed E-state index contributed by atoms with van der Waals surface area (Å²) in [5, 5.41) is 18.7. The Bertz CT molecular complexity index is 788. The van der Waals surface area contributed by atoms with Crippen molar-refractivity contribution in [1.29, 1.82) is 0 Å². The van der Waals surface area contributed by atoms with Crippen LogP contribution in [0.25, 0.3) is 0 Å². The number of benzene rings is 1. The molecule has 184 valence electrons. The van der Waals surface area contributed by atoms with Gasteiger partial charge in [-0.05, 0) is 57.9 Å². The number of ether oxygens (including phenoxy) is 2. The number of carbonyl (C=O) groups excluding carboxylic acids is 2. The van der Waals surface area contributed by atoms with E-state index in [1.807, 2.05) is 0 Å². The van der Waals surface area contributed by atoms with Crippen LogP contribution < -0.4 is 4.74 Å². The maximum Gasteiger partial charge on any atom is 0.334 e. The Morgan fingerprint density at radius 2 is 1.58 bits per heavy atom. The molecule has 1 aromatic rings. The van der Waals surface area contributed by atoms with Crippen LogP contribution in [0.5, 0.6) is 5.75 Å². The maximum atomic E-state index is 12.2. The molecule has 0 aliphatic carbocycles. The van der Waals surface area contributed by atoms with E-state index in [2.05, 4.69) is 6.92 Å². The molecule has 0 spiro atoms. The van der Waals surface area contributed by atoms with Gasteiger partial charge in [-0.25, -0.2) is 9.59 Å². The highest BCUT2D eigenvalue weighted by molar-refractivity contribution is 6.01. The van der Waals surface area contributed by atoms with Gasteiger partial charge in [-0.15, -0.1) is 0 Å². The fourth-order valence-corrected chi connectivity index (χ4v) is 3.26. The summed E-state index contributed by atoms with van der Waals surface area (Å²) < 4.78 is 11.3. The molecule has 7 nitrogen and oxygen atoms in total. The molecule has 7 heteroatoms. The highest BCUT2D eigenvalue weighted by Gasteiger charge is 2.25. The number of aliphatic carboxylic acids is 1. The fraction of sp³-hybridized carbons (Fsp3) is 0.577. The van der Waals surface area contributed by atoms with Gasteiger partial charge in [0.05, 0.1) is 0 Å². The quantitative estimate of drug-likeness (QED) is 0.152. The molecule has 1 unspecified atom stereocenters. The Kier molecular flexibility index (Phi) is 12.4. The molecule has 0 saturated carbocycles. The van der Waals surface area contributed by atoms with Crippen molar-refractivity contribution in [3.63, 3.8) is 0 Å². The van der Waals surface area contributed by atoms with E-state index in [9.17, 15) is 19.5 Å². The van der Waals surface area contributed by atoms with Crippen molar-refractivity contribution in [3.8, 4) is 5.75 Å². The van der Waals surface area contributed by atoms with E-state index in [1.54, 1.807) is 24.3 Å². The molecule has 1 atom stereocenters. The van der Waals surface area contributed by atoms with Crippen LogP contribution in [0.4, 0.5) is 0 Å². The van der Waals surface area contributed by atoms with Crippen molar-refractivity contribution in [2.45, 2.75) is 90.8 Å². The number of unbranched alkanes of at least 4 members (excludes halogenated alkanes) is 6. The number of rotatable bonds is 16. The summed E-state index contributed by atoms with van der Waals surface area (Å²) in [7, 11) is 0. The number of hydrogen-bond acceptors (Lipinski definition) is 6. The number of carbonyl (C=O) groups is 3. The van der Waals surface area contributed by atoms with E-state index in [0.717, 1.165) is 25.3 Å². The lowest BCUT2D eigenvalue weighted by Gasteiger charge is -2.20. The van der Waals surface area contributed by atoms with Gasteiger partial charge in [-0.1, -0.05) is 45.4 Å². The molecule has 33 heavy (non-hydrogen) atoms. The molecule has 0 radical (unpaired) electrons. The minimum absolute atomic E-state index is 0.00616. The van der Waals surface area contributed by atoms with Gasteiger partial charge < -0.3 is 19.7 Å². The van der Waals surface area contributed by atoms with Gasteiger partial charge in [0.1, 0.15) is 24.1 Å². The molecular weight excluding hydrogens is 424 g/mol. The van der Waals surface area contributed by atoms with Gasteiger partial charge in [0.2, 0.25) is 0 Å². The van der Waals surface area contributed by atoms with Gasteiger partial charge >= 0.3 is 11.9 Å². The fourth-order valence-electron chi connectivity index (χ4n) is 3.26. The third-order valence-corrected chi connectivity index (χ3v) is 5.17. The number of aliphatic hydroxyl groups is 1. The maximum absolute atomic E-state index is 12.2. The standard InChI is InChI=1S/C26H38O7/c1-5-6-7-8-9-10-11-12-22(18-32-25(30)19(2)17-23(27)28)33-21-15-13-20(14-16-21)24(29)26(3,4)31/h13-17,22,31H,5-12,18H2,1-4H3,(H,27,28)/b19-17+. The molecule has 0 heterocycles. The van der Waals surface area contributed by atoms with E-state index in [4.69, 9.17) is 14.6 Å². The normalized spacial score (nSPS) is 12.8. The van der Waals surface area contributed by atoms with Crippen LogP contribution >= 0.6 is 0 Å². The molecule has 0 aromatic heterocycles. The number of carboxylic acid groups (broad SMARTS) is 1.